The average Bonchev–Trinajstić information content (AvgIpc) is 2.27. The first-order chi connectivity index (χ1) is 8.15. The number of hydrogen-bond acceptors (Lipinski definition) is 1. The minimum atomic E-state index is 0. The molecule has 3 rings (SSSR count). The first kappa shape index (κ1) is 13.5. The van der Waals surface area contributed by atoms with Crippen molar-refractivity contribution in [2.45, 2.75) is 13.8 Å². The van der Waals surface area contributed by atoms with Crippen molar-refractivity contribution in [1.29, 1.82) is 0 Å². The third-order valence-electron chi connectivity index (χ3n) is 3.19. The Bertz CT molecular complexity index is 732. The van der Waals surface area contributed by atoms with E-state index in [0.717, 1.165) is 10.9 Å². The summed E-state index contributed by atoms with van der Waals surface area (Å²) in [5, 5.41) is 14.2. The van der Waals surface area contributed by atoms with Gasteiger partial charge in [0.15, 0.2) is 0 Å². The summed E-state index contributed by atoms with van der Waals surface area (Å²) in [4.78, 5) is 0. The molecule has 0 aromatic heterocycles. The van der Waals surface area contributed by atoms with E-state index in [-0.39, 0.29) is 32.7 Å². The number of rotatable bonds is 0. The zero-order valence-corrected chi connectivity index (χ0v) is 13.3. The molecule has 0 fully saturated rings. The van der Waals surface area contributed by atoms with Crippen LogP contribution < -0.4 is 0 Å². The van der Waals surface area contributed by atoms with Crippen molar-refractivity contribution in [2.24, 2.45) is 0 Å². The van der Waals surface area contributed by atoms with E-state index in [1.54, 1.807) is 12.1 Å². The topological polar surface area (TPSA) is 20.2 Å². The molecule has 0 unspecified atom stereocenters. The number of aromatic hydroxyl groups is 1. The summed E-state index contributed by atoms with van der Waals surface area (Å²) < 4.78 is 0. The molecule has 0 amide bonds. The quantitative estimate of drug-likeness (QED) is 0.489. The zero-order valence-electron chi connectivity index (χ0n) is 10.5. The number of fused-ring (bicyclic) bond motifs is 3. The summed E-state index contributed by atoms with van der Waals surface area (Å²) in [6.07, 6.45) is 0. The monoisotopic (exact) mass is 310 g/mol. The summed E-state index contributed by atoms with van der Waals surface area (Å²) in [5.74, 6) is 0.313. The van der Waals surface area contributed by atoms with Crippen molar-refractivity contribution in [2.75, 3.05) is 0 Å². The van der Waals surface area contributed by atoms with Crippen molar-refractivity contribution < 1.29 is 37.8 Å². The Morgan fingerprint density at radius 1 is 0.889 bits per heavy atom. The maximum Gasteiger partial charge on any atom is 0.116 e. The van der Waals surface area contributed by atoms with E-state index in [0.29, 0.717) is 5.75 Å². The van der Waals surface area contributed by atoms with Gasteiger partial charge in [-0.25, -0.2) is 0 Å². The van der Waals surface area contributed by atoms with Crippen molar-refractivity contribution in [1.82, 2.24) is 0 Å². The van der Waals surface area contributed by atoms with E-state index < -0.39 is 0 Å². The van der Waals surface area contributed by atoms with Gasteiger partial charge >= 0.3 is 0 Å². The molecule has 0 heterocycles. The van der Waals surface area contributed by atoms with Gasteiger partial charge in [0.25, 0.3) is 0 Å². The maximum atomic E-state index is 9.51. The molecule has 18 heavy (non-hydrogen) atoms. The van der Waals surface area contributed by atoms with Gasteiger partial charge in [0.05, 0.1) is 0 Å². The standard InChI is InChI=1S/C16H13O.Y/c1-10-7-11(2)14-5-3-12-9-13(17)4-6-15(12)16(14)8-10;/h3-6,8-9,17H,1-2H3;/q-1;. The third kappa shape index (κ3) is 2.18. The average molecular weight is 310 g/mol. The first-order valence-corrected chi connectivity index (χ1v) is 5.70. The molecule has 1 radical (unpaired) electrons. The van der Waals surface area contributed by atoms with Crippen molar-refractivity contribution in [3.05, 3.63) is 53.6 Å². The smallest absolute Gasteiger partial charge is 0.116 e. The largest absolute Gasteiger partial charge is 0.508 e. The normalized spacial score (nSPS) is 10.6. The van der Waals surface area contributed by atoms with Gasteiger partial charge in [-0.3, -0.25) is 0 Å². The van der Waals surface area contributed by atoms with E-state index in [1.165, 1.54) is 21.7 Å². The van der Waals surface area contributed by atoms with E-state index >= 15 is 0 Å². The number of phenolic OH excluding ortho intramolecular Hbond substituents is 1. The molecular weight excluding hydrogens is 297 g/mol. The van der Waals surface area contributed by atoms with Crippen LogP contribution in [-0.2, 0) is 32.7 Å². The molecule has 0 spiro atoms. The van der Waals surface area contributed by atoms with Gasteiger partial charge in [0.1, 0.15) is 5.75 Å². The molecule has 87 valence electrons. The van der Waals surface area contributed by atoms with Crippen LogP contribution in [0.3, 0.4) is 0 Å². The van der Waals surface area contributed by atoms with Gasteiger partial charge in [-0.2, -0.15) is 23.3 Å². The van der Waals surface area contributed by atoms with Gasteiger partial charge < -0.3 is 5.11 Å². The van der Waals surface area contributed by atoms with Gasteiger partial charge in [-0.15, -0.1) is 16.8 Å². The molecule has 0 aliphatic carbocycles. The Balaban J connectivity index is 0.00000120. The van der Waals surface area contributed by atoms with Crippen LogP contribution in [0, 0.1) is 19.9 Å². The van der Waals surface area contributed by atoms with Crippen LogP contribution in [0.15, 0.2) is 36.4 Å². The molecule has 0 saturated heterocycles. The van der Waals surface area contributed by atoms with Gasteiger partial charge in [-0.1, -0.05) is 26.0 Å². The fourth-order valence-electron chi connectivity index (χ4n) is 2.44. The first-order valence-electron chi connectivity index (χ1n) is 5.70. The summed E-state index contributed by atoms with van der Waals surface area (Å²) in [6, 6.07) is 15.2. The van der Waals surface area contributed by atoms with E-state index in [1.807, 2.05) is 12.1 Å². The molecule has 0 aliphatic rings. The van der Waals surface area contributed by atoms with Crippen LogP contribution in [0.5, 0.6) is 5.75 Å². The fourth-order valence-corrected chi connectivity index (χ4v) is 2.44. The van der Waals surface area contributed by atoms with Crippen LogP contribution in [0.1, 0.15) is 11.1 Å². The Morgan fingerprint density at radius 3 is 2.39 bits per heavy atom. The molecule has 0 aliphatic heterocycles. The van der Waals surface area contributed by atoms with Crippen molar-refractivity contribution in [3.63, 3.8) is 0 Å². The van der Waals surface area contributed by atoms with Gasteiger partial charge in [0.2, 0.25) is 0 Å². The Kier molecular flexibility index (Phi) is 3.75. The van der Waals surface area contributed by atoms with Crippen molar-refractivity contribution >= 4 is 21.5 Å². The van der Waals surface area contributed by atoms with Crippen LogP contribution in [0.2, 0.25) is 0 Å². The molecular formula is C16H13OY-. The zero-order chi connectivity index (χ0) is 12.0. The van der Waals surface area contributed by atoms with Crippen LogP contribution in [0.4, 0.5) is 0 Å². The summed E-state index contributed by atoms with van der Waals surface area (Å²) in [7, 11) is 0. The molecule has 3 aromatic rings. The SMILES string of the molecule is Cc1[c-]c(C)c2ccc3cc(O)ccc3c2c1.[Y]. The molecule has 0 atom stereocenters. The molecule has 1 N–H and O–H groups in total. The second kappa shape index (κ2) is 4.99. The van der Waals surface area contributed by atoms with Gasteiger partial charge in [-0.05, 0) is 22.9 Å². The molecule has 1 nitrogen and oxygen atoms in total. The minimum Gasteiger partial charge on any atom is -0.508 e. The summed E-state index contributed by atoms with van der Waals surface area (Å²) in [6.45, 7) is 4.15. The maximum absolute atomic E-state index is 9.51. The minimum absolute atomic E-state index is 0. The summed E-state index contributed by atoms with van der Waals surface area (Å²) in [5.41, 5.74) is 2.32. The van der Waals surface area contributed by atoms with Crippen LogP contribution >= 0.6 is 0 Å². The van der Waals surface area contributed by atoms with Crippen molar-refractivity contribution in [3.8, 4) is 5.75 Å². The molecule has 0 bridgehead atoms. The van der Waals surface area contributed by atoms with E-state index in [2.05, 4.69) is 32.0 Å². The predicted octanol–water partition coefficient (Wildman–Crippen LogP) is 4.11. The van der Waals surface area contributed by atoms with E-state index in [9.17, 15) is 5.11 Å². The molecule has 0 saturated carbocycles. The third-order valence-corrected chi connectivity index (χ3v) is 3.19. The molecule has 3 aromatic carbocycles. The number of hydrogen-bond donors (Lipinski definition) is 1. The fraction of sp³-hybridized carbons (Fsp3) is 0.125. The second-order valence-electron chi connectivity index (χ2n) is 4.51. The number of aryl methyl sites for hydroxylation is 2. The predicted molar refractivity (Wildman–Crippen MR) is 71.4 cm³/mol. The number of benzene rings is 3. The number of phenols is 1. The molecule has 2 heteroatoms. The van der Waals surface area contributed by atoms with Crippen LogP contribution in [0.25, 0.3) is 21.5 Å². The second-order valence-corrected chi connectivity index (χ2v) is 4.51. The Labute approximate surface area is 132 Å². The summed E-state index contributed by atoms with van der Waals surface area (Å²) >= 11 is 0. The Hall–Kier alpha value is -0.916. The van der Waals surface area contributed by atoms with Gasteiger partial charge in [0, 0.05) is 32.7 Å². The Morgan fingerprint density at radius 2 is 1.61 bits per heavy atom. The van der Waals surface area contributed by atoms with Crippen LogP contribution in [-0.4, -0.2) is 5.11 Å². The van der Waals surface area contributed by atoms with E-state index in [4.69, 9.17) is 0 Å².